The molecule has 0 radical (unpaired) electrons. The summed E-state index contributed by atoms with van der Waals surface area (Å²) in [4.78, 5) is 12.0. The van der Waals surface area contributed by atoms with Gasteiger partial charge in [-0.15, -0.1) is 0 Å². The van der Waals surface area contributed by atoms with Crippen molar-refractivity contribution in [1.82, 2.24) is 5.32 Å². The normalized spacial score (nSPS) is 24.8. The van der Waals surface area contributed by atoms with E-state index in [0.29, 0.717) is 0 Å². The Balaban J connectivity index is 1.95. The molecule has 0 aliphatic heterocycles. The lowest BCUT2D eigenvalue weighted by Crippen LogP contribution is -2.32. The standard InChI is InChI=1S/C14H19FN2O/c1-9(10-3-2-4-12(15)7-10)17-14(18)11-5-6-13(16)8-11/h2-4,7,9,11,13H,5-6,8,16H2,1H3,(H,17,18)/t9-,11?,13?/m1/s1. The van der Waals surface area contributed by atoms with Crippen LogP contribution in [-0.2, 0) is 4.79 Å². The molecule has 2 unspecified atom stereocenters. The lowest BCUT2D eigenvalue weighted by atomic mass is 10.0. The van der Waals surface area contributed by atoms with Crippen molar-refractivity contribution >= 4 is 5.91 Å². The van der Waals surface area contributed by atoms with E-state index in [1.54, 1.807) is 6.07 Å². The molecule has 1 aromatic carbocycles. The van der Waals surface area contributed by atoms with E-state index in [1.165, 1.54) is 12.1 Å². The minimum Gasteiger partial charge on any atom is -0.349 e. The van der Waals surface area contributed by atoms with E-state index >= 15 is 0 Å². The first-order valence-electron chi connectivity index (χ1n) is 6.37. The Kier molecular flexibility index (Phi) is 3.97. The van der Waals surface area contributed by atoms with E-state index in [1.807, 2.05) is 13.0 Å². The third kappa shape index (κ3) is 3.07. The first kappa shape index (κ1) is 13.0. The van der Waals surface area contributed by atoms with Crippen LogP contribution in [0.1, 0.15) is 37.8 Å². The molecule has 1 saturated carbocycles. The second kappa shape index (κ2) is 5.48. The molecule has 1 aromatic rings. The monoisotopic (exact) mass is 250 g/mol. The summed E-state index contributed by atoms with van der Waals surface area (Å²) < 4.78 is 13.1. The summed E-state index contributed by atoms with van der Waals surface area (Å²) >= 11 is 0. The SMILES string of the molecule is C[C@@H](NC(=O)C1CCC(N)C1)c1cccc(F)c1. The van der Waals surface area contributed by atoms with Crippen LogP contribution in [0.3, 0.4) is 0 Å². The van der Waals surface area contributed by atoms with Gasteiger partial charge in [-0.3, -0.25) is 4.79 Å². The van der Waals surface area contributed by atoms with E-state index in [-0.39, 0.29) is 29.7 Å². The number of nitrogens with one attached hydrogen (secondary N) is 1. The molecule has 98 valence electrons. The Morgan fingerprint density at radius 3 is 2.89 bits per heavy atom. The zero-order chi connectivity index (χ0) is 13.1. The predicted molar refractivity (Wildman–Crippen MR) is 68.3 cm³/mol. The van der Waals surface area contributed by atoms with Crippen molar-refractivity contribution in [1.29, 1.82) is 0 Å². The van der Waals surface area contributed by atoms with Gasteiger partial charge in [-0.05, 0) is 43.9 Å². The molecule has 0 saturated heterocycles. The highest BCUT2D eigenvalue weighted by molar-refractivity contribution is 5.79. The average molecular weight is 250 g/mol. The van der Waals surface area contributed by atoms with Crippen molar-refractivity contribution in [3.05, 3.63) is 35.6 Å². The van der Waals surface area contributed by atoms with Crippen LogP contribution in [0, 0.1) is 11.7 Å². The summed E-state index contributed by atoms with van der Waals surface area (Å²) in [5, 5.41) is 2.92. The number of amides is 1. The summed E-state index contributed by atoms with van der Waals surface area (Å²) in [6.07, 6.45) is 2.51. The van der Waals surface area contributed by atoms with Crippen LogP contribution in [0.4, 0.5) is 4.39 Å². The molecule has 18 heavy (non-hydrogen) atoms. The number of halogens is 1. The van der Waals surface area contributed by atoms with Crippen molar-refractivity contribution in [2.75, 3.05) is 0 Å². The van der Waals surface area contributed by atoms with Gasteiger partial charge < -0.3 is 11.1 Å². The lowest BCUT2D eigenvalue weighted by Gasteiger charge is -2.17. The Bertz CT molecular complexity index is 436. The van der Waals surface area contributed by atoms with E-state index in [2.05, 4.69) is 5.32 Å². The maximum atomic E-state index is 13.1. The topological polar surface area (TPSA) is 55.1 Å². The molecule has 1 fully saturated rings. The van der Waals surface area contributed by atoms with Crippen LogP contribution >= 0.6 is 0 Å². The maximum Gasteiger partial charge on any atom is 0.223 e. The minimum atomic E-state index is -0.281. The summed E-state index contributed by atoms with van der Waals surface area (Å²) in [6.45, 7) is 1.86. The Labute approximate surface area is 107 Å². The van der Waals surface area contributed by atoms with Crippen LogP contribution in [0.25, 0.3) is 0 Å². The van der Waals surface area contributed by atoms with Gasteiger partial charge >= 0.3 is 0 Å². The number of carbonyl (C=O) groups excluding carboxylic acids is 1. The first-order chi connectivity index (χ1) is 8.56. The highest BCUT2D eigenvalue weighted by Gasteiger charge is 2.28. The largest absolute Gasteiger partial charge is 0.349 e. The molecular formula is C14H19FN2O. The number of rotatable bonds is 3. The van der Waals surface area contributed by atoms with Crippen molar-refractivity contribution in [2.45, 2.75) is 38.3 Å². The smallest absolute Gasteiger partial charge is 0.223 e. The quantitative estimate of drug-likeness (QED) is 0.863. The molecule has 1 aliphatic carbocycles. The molecule has 0 bridgehead atoms. The lowest BCUT2D eigenvalue weighted by molar-refractivity contribution is -0.125. The molecule has 1 amide bonds. The van der Waals surface area contributed by atoms with Gasteiger partial charge in [-0.1, -0.05) is 12.1 Å². The van der Waals surface area contributed by atoms with Gasteiger partial charge in [0.05, 0.1) is 6.04 Å². The van der Waals surface area contributed by atoms with E-state index < -0.39 is 0 Å². The second-order valence-electron chi connectivity index (χ2n) is 5.06. The minimum absolute atomic E-state index is 0.0102. The van der Waals surface area contributed by atoms with Gasteiger partial charge in [-0.2, -0.15) is 0 Å². The molecular weight excluding hydrogens is 231 g/mol. The van der Waals surface area contributed by atoms with Crippen molar-refractivity contribution in [3.8, 4) is 0 Å². The molecule has 3 atom stereocenters. The van der Waals surface area contributed by atoms with Gasteiger partial charge in [0.25, 0.3) is 0 Å². The number of hydrogen-bond donors (Lipinski definition) is 2. The van der Waals surface area contributed by atoms with E-state index in [9.17, 15) is 9.18 Å². The summed E-state index contributed by atoms with van der Waals surface area (Å²) in [6, 6.07) is 6.28. The molecule has 0 spiro atoms. The molecule has 3 N–H and O–H groups in total. The van der Waals surface area contributed by atoms with Crippen LogP contribution in [0.5, 0.6) is 0 Å². The predicted octanol–water partition coefficient (Wildman–Crippen LogP) is 2.13. The van der Waals surface area contributed by atoms with Crippen molar-refractivity contribution in [2.24, 2.45) is 11.7 Å². The Morgan fingerprint density at radius 1 is 1.50 bits per heavy atom. The highest BCUT2D eigenvalue weighted by Crippen LogP contribution is 2.25. The molecule has 0 aromatic heterocycles. The molecule has 1 aliphatic rings. The average Bonchev–Trinajstić information content (AvgIpc) is 2.76. The fourth-order valence-corrected chi connectivity index (χ4v) is 2.45. The van der Waals surface area contributed by atoms with Gasteiger partial charge in [-0.25, -0.2) is 4.39 Å². The van der Waals surface area contributed by atoms with Gasteiger partial charge in [0, 0.05) is 12.0 Å². The summed E-state index contributed by atoms with van der Waals surface area (Å²) in [7, 11) is 0. The highest BCUT2D eigenvalue weighted by atomic mass is 19.1. The third-order valence-corrected chi connectivity index (χ3v) is 3.55. The number of benzene rings is 1. The molecule has 3 nitrogen and oxygen atoms in total. The van der Waals surface area contributed by atoms with Gasteiger partial charge in [0.2, 0.25) is 5.91 Å². The van der Waals surface area contributed by atoms with Crippen LogP contribution in [0.2, 0.25) is 0 Å². The summed E-state index contributed by atoms with van der Waals surface area (Å²) in [5.41, 5.74) is 6.58. The fraction of sp³-hybridized carbons (Fsp3) is 0.500. The molecule has 4 heteroatoms. The third-order valence-electron chi connectivity index (χ3n) is 3.55. The zero-order valence-corrected chi connectivity index (χ0v) is 10.5. The number of carbonyl (C=O) groups is 1. The molecule has 2 rings (SSSR count). The fourth-order valence-electron chi connectivity index (χ4n) is 2.45. The van der Waals surface area contributed by atoms with Crippen molar-refractivity contribution in [3.63, 3.8) is 0 Å². The van der Waals surface area contributed by atoms with Gasteiger partial charge in [0.15, 0.2) is 0 Å². The van der Waals surface area contributed by atoms with Crippen LogP contribution in [-0.4, -0.2) is 11.9 Å². The number of hydrogen-bond acceptors (Lipinski definition) is 2. The number of nitrogens with two attached hydrogens (primary N) is 1. The van der Waals surface area contributed by atoms with E-state index in [4.69, 9.17) is 5.73 Å². The zero-order valence-electron chi connectivity index (χ0n) is 10.5. The van der Waals surface area contributed by atoms with Crippen LogP contribution in [0.15, 0.2) is 24.3 Å². The van der Waals surface area contributed by atoms with Crippen LogP contribution < -0.4 is 11.1 Å². The summed E-state index contributed by atoms with van der Waals surface area (Å²) in [5.74, 6) is -0.243. The first-order valence-corrected chi connectivity index (χ1v) is 6.37. The Hall–Kier alpha value is -1.42. The van der Waals surface area contributed by atoms with E-state index in [0.717, 1.165) is 24.8 Å². The maximum absolute atomic E-state index is 13.1. The molecule has 0 heterocycles. The van der Waals surface area contributed by atoms with Crippen molar-refractivity contribution < 1.29 is 9.18 Å². The Morgan fingerprint density at radius 2 is 2.28 bits per heavy atom. The second-order valence-corrected chi connectivity index (χ2v) is 5.06. The van der Waals surface area contributed by atoms with Gasteiger partial charge in [0.1, 0.15) is 5.82 Å².